The summed E-state index contributed by atoms with van der Waals surface area (Å²) in [6, 6.07) is 14.8. The lowest BCUT2D eigenvalue weighted by atomic mass is 9.87. The van der Waals surface area contributed by atoms with Gasteiger partial charge in [0.1, 0.15) is 6.61 Å². The van der Waals surface area contributed by atoms with E-state index in [9.17, 15) is 4.79 Å². The zero-order valence-electron chi connectivity index (χ0n) is 20.0. The number of benzene rings is 2. The predicted octanol–water partition coefficient (Wildman–Crippen LogP) is 4.45. The summed E-state index contributed by atoms with van der Waals surface area (Å²) in [6.07, 6.45) is 1.93. The minimum atomic E-state index is -0.0782. The Hall–Kier alpha value is -2.79. The van der Waals surface area contributed by atoms with E-state index in [4.69, 9.17) is 4.74 Å². The number of likely N-dealkylation sites (N-methyl/N-ethyl adjacent to an activating group) is 1. The predicted molar refractivity (Wildman–Crippen MR) is 132 cm³/mol. The minimum Gasteiger partial charge on any atom is -0.486 e. The summed E-state index contributed by atoms with van der Waals surface area (Å²) in [6.45, 7) is 13.8. The van der Waals surface area contributed by atoms with Gasteiger partial charge in [-0.3, -0.25) is 4.79 Å². The highest BCUT2D eigenvalue weighted by atomic mass is 16.5. The number of anilines is 2. The number of hydrogen-bond acceptors (Lipinski definition) is 4. The average molecular weight is 434 g/mol. The number of ether oxygens (including phenoxy) is 1. The summed E-state index contributed by atoms with van der Waals surface area (Å²) in [5.41, 5.74) is 5.65. The van der Waals surface area contributed by atoms with E-state index in [0.717, 1.165) is 37.4 Å². The third kappa shape index (κ3) is 4.83. The van der Waals surface area contributed by atoms with Crippen molar-refractivity contribution in [2.24, 2.45) is 0 Å². The highest BCUT2D eigenvalue weighted by Crippen LogP contribution is 2.29. The Morgan fingerprint density at radius 1 is 0.938 bits per heavy atom. The Labute approximate surface area is 192 Å². The first-order valence-corrected chi connectivity index (χ1v) is 11.5. The van der Waals surface area contributed by atoms with Gasteiger partial charge >= 0.3 is 0 Å². The average Bonchev–Trinajstić information content (AvgIpc) is 2.76. The van der Waals surface area contributed by atoms with E-state index in [0.29, 0.717) is 18.9 Å². The maximum atomic E-state index is 13.3. The van der Waals surface area contributed by atoms with Crippen LogP contribution >= 0.6 is 0 Å². The monoisotopic (exact) mass is 433 g/mol. The zero-order valence-corrected chi connectivity index (χ0v) is 20.0. The van der Waals surface area contributed by atoms with Crippen molar-refractivity contribution in [1.29, 1.82) is 0 Å². The van der Waals surface area contributed by atoms with Crippen molar-refractivity contribution in [3.8, 4) is 0 Å². The summed E-state index contributed by atoms with van der Waals surface area (Å²) in [5, 5.41) is 0. The van der Waals surface area contributed by atoms with Crippen molar-refractivity contribution in [1.82, 2.24) is 4.90 Å². The van der Waals surface area contributed by atoms with Gasteiger partial charge in [-0.1, -0.05) is 44.5 Å². The van der Waals surface area contributed by atoms with Crippen molar-refractivity contribution >= 4 is 23.4 Å². The van der Waals surface area contributed by atoms with E-state index < -0.39 is 0 Å². The summed E-state index contributed by atoms with van der Waals surface area (Å²) in [4.78, 5) is 19.9. The molecule has 4 rings (SSSR count). The van der Waals surface area contributed by atoms with Gasteiger partial charge in [-0.25, -0.2) is 0 Å². The second-order valence-electron chi connectivity index (χ2n) is 9.96. The van der Waals surface area contributed by atoms with Crippen LogP contribution < -0.4 is 9.80 Å². The van der Waals surface area contributed by atoms with Crippen molar-refractivity contribution in [2.75, 3.05) is 56.2 Å². The van der Waals surface area contributed by atoms with Crippen LogP contribution in [0.15, 0.2) is 48.2 Å². The standard InChI is InChI=1S/C27H35N3O2/c1-20-6-11-24(29-14-12-28(5)13-15-29)21(18-20)19-25-26(31)30(16-17-32-25)23-9-7-22(8-10-23)27(2,3)4/h6-11,18-19H,12-17H2,1-5H3/b25-19+. The number of piperazine rings is 1. The Morgan fingerprint density at radius 3 is 2.28 bits per heavy atom. The van der Waals surface area contributed by atoms with Crippen LogP contribution in [0, 0.1) is 6.92 Å². The molecule has 2 aromatic carbocycles. The van der Waals surface area contributed by atoms with Crippen molar-refractivity contribution in [2.45, 2.75) is 33.1 Å². The normalized spacial score (nSPS) is 19.4. The molecule has 1 amide bonds. The summed E-state index contributed by atoms with van der Waals surface area (Å²) in [7, 11) is 2.16. The van der Waals surface area contributed by atoms with E-state index in [1.165, 1.54) is 16.8 Å². The number of rotatable bonds is 3. The fourth-order valence-corrected chi connectivity index (χ4v) is 4.30. The summed E-state index contributed by atoms with van der Waals surface area (Å²) >= 11 is 0. The highest BCUT2D eigenvalue weighted by Gasteiger charge is 2.27. The Bertz CT molecular complexity index is 997. The molecule has 0 saturated carbocycles. The second-order valence-corrected chi connectivity index (χ2v) is 9.96. The number of nitrogens with zero attached hydrogens (tertiary/aromatic N) is 3. The summed E-state index contributed by atoms with van der Waals surface area (Å²) in [5.74, 6) is 0.336. The van der Waals surface area contributed by atoms with Crippen LogP contribution in [0.3, 0.4) is 0 Å². The molecule has 32 heavy (non-hydrogen) atoms. The molecule has 0 unspecified atom stereocenters. The molecule has 2 aromatic rings. The van der Waals surface area contributed by atoms with Gasteiger partial charge in [0.05, 0.1) is 6.54 Å². The largest absolute Gasteiger partial charge is 0.486 e. The highest BCUT2D eigenvalue weighted by molar-refractivity contribution is 6.07. The maximum absolute atomic E-state index is 13.3. The molecule has 5 heteroatoms. The van der Waals surface area contributed by atoms with Crippen LogP contribution in [0.1, 0.15) is 37.5 Å². The lowest BCUT2D eigenvalue weighted by molar-refractivity contribution is -0.120. The molecular weight excluding hydrogens is 398 g/mol. The first-order chi connectivity index (χ1) is 15.2. The van der Waals surface area contributed by atoms with E-state index in [1.54, 1.807) is 0 Å². The molecule has 0 aromatic heterocycles. The molecule has 2 fully saturated rings. The van der Waals surface area contributed by atoms with Gasteiger partial charge in [-0.05, 0) is 55.3 Å². The van der Waals surface area contributed by atoms with Crippen molar-refractivity contribution in [3.63, 3.8) is 0 Å². The van der Waals surface area contributed by atoms with E-state index in [2.05, 4.69) is 74.9 Å². The summed E-state index contributed by atoms with van der Waals surface area (Å²) < 4.78 is 5.87. The lowest BCUT2D eigenvalue weighted by Gasteiger charge is -2.35. The molecule has 0 radical (unpaired) electrons. The number of aryl methyl sites for hydroxylation is 1. The van der Waals surface area contributed by atoms with Crippen molar-refractivity contribution in [3.05, 3.63) is 64.9 Å². The van der Waals surface area contributed by atoms with Gasteiger partial charge in [0.15, 0.2) is 5.76 Å². The molecular formula is C27H35N3O2. The zero-order chi connectivity index (χ0) is 22.9. The van der Waals surface area contributed by atoms with Crippen LogP contribution in [0.4, 0.5) is 11.4 Å². The molecule has 2 saturated heterocycles. The van der Waals surface area contributed by atoms with Gasteiger partial charge < -0.3 is 19.4 Å². The molecule has 0 bridgehead atoms. The van der Waals surface area contributed by atoms with Gasteiger partial charge in [0, 0.05) is 43.1 Å². The van der Waals surface area contributed by atoms with Gasteiger partial charge in [0.25, 0.3) is 5.91 Å². The number of morpholine rings is 1. The van der Waals surface area contributed by atoms with Gasteiger partial charge in [0.2, 0.25) is 0 Å². The first-order valence-electron chi connectivity index (χ1n) is 11.5. The van der Waals surface area contributed by atoms with E-state index in [1.807, 2.05) is 23.1 Å². The minimum absolute atomic E-state index is 0.0782. The second kappa shape index (κ2) is 8.99. The molecule has 0 spiro atoms. The number of carbonyl (C=O) groups excluding carboxylic acids is 1. The topological polar surface area (TPSA) is 36.0 Å². The van der Waals surface area contributed by atoms with Crippen LogP contribution in [0.25, 0.3) is 6.08 Å². The van der Waals surface area contributed by atoms with Gasteiger partial charge in [-0.2, -0.15) is 0 Å². The molecule has 2 heterocycles. The van der Waals surface area contributed by atoms with E-state index >= 15 is 0 Å². The molecule has 0 aliphatic carbocycles. The SMILES string of the molecule is Cc1ccc(N2CCN(C)CC2)c(/C=C2/OCCN(c3ccc(C(C)(C)C)cc3)C2=O)c1. The van der Waals surface area contributed by atoms with Gasteiger partial charge in [-0.15, -0.1) is 0 Å². The first kappa shape index (κ1) is 22.4. The van der Waals surface area contributed by atoms with Crippen molar-refractivity contribution < 1.29 is 9.53 Å². The quantitative estimate of drug-likeness (QED) is 0.670. The van der Waals surface area contributed by atoms with Crippen LogP contribution in [-0.4, -0.2) is 57.2 Å². The van der Waals surface area contributed by atoms with E-state index in [-0.39, 0.29) is 11.3 Å². The molecule has 2 aliphatic heterocycles. The maximum Gasteiger partial charge on any atom is 0.293 e. The molecule has 5 nitrogen and oxygen atoms in total. The third-order valence-electron chi connectivity index (χ3n) is 6.39. The molecule has 0 atom stereocenters. The molecule has 0 N–H and O–H groups in total. The molecule has 2 aliphatic rings. The van der Waals surface area contributed by atoms with Crippen LogP contribution in [0.2, 0.25) is 0 Å². The van der Waals surface area contributed by atoms with Crippen LogP contribution in [-0.2, 0) is 14.9 Å². The lowest BCUT2D eigenvalue weighted by Crippen LogP contribution is -2.44. The fourth-order valence-electron chi connectivity index (χ4n) is 4.30. The fraction of sp³-hybridized carbons (Fsp3) is 0.444. The Morgan fingerprint density at radius 2 is 1.62 bits per heavy atom. The third-order valence-corrected chi connectivity index (χ3v) is 6.39. The number of hydrogen-bond donors (Lipinski definition) is 0. The van der Waals surface area contributed by atoms with Crippen LogP contribution in [0.5, 0.6) is 0 Å². The Balaban J connectivity index is 1.61. The number of carbonyl (C=O) groups is 1. The smallest absolute Gasteiger partial charge is 0.293 e. The molecule has 170 valence electrons. The number of amides is 1. The Kier molecular flexibility index (Phi) is 6.29.